The zero-order chi connectivity index (χ0) is 13.3. The van der Waals surface area contributed by atoms with Crippen LogP contribution in [0.25, 0.3) is 0 Å². The summed E-state index contributed by atoms with van der Waals surface area (Å²) in [7, 11) is 0. The van der Waals surface area contributed by atoms with Crippen molar-refractivity contribution in [2.24, 2.45) is 0 Å². The first-order valence-electron chi connectivity index (χ1n) is 5.34. The van der Waals surface area contributed by atoms with Crippen LogP contribution in [0.3, 0.4) is 0 Å². The van der Waals surface area contributed by atoms with Crippen LogP contribution in [0.5, 0.6) is 0 Å². The van der Waals surface area contributed by atoms with Gasteiger partial charge in [-0.3, -0.25) is 14.4 Å². The third-order valence-corrected chi connectivity index (χ3v) is 2.70. The first-order chi connectivity index (χ1) is 7.97. The molecule has 0 aromatic carbocycles. The van der Waals surface area contributed by atoms with E-state index in [1.54, 1.807) is 6.92 Å². The Morgan fingerprint density at radius 3 is 2.47 bits per heavy atom. The van der Waals surface area contributed by atoms with Crippen molar-refractivity contribution in [1.29, 1.82) is 0 Å². The summed E-state index contributed by atoms with van der Waals surface area (Å²) < 4.78 is 0. The molecule has 0 saturated heterocycles. The third-order valence-electron chi connectivity index (χ3n) is 1.78. The number of amides is 2. The highest BCUT2D eigenvalue weighted by Gasteiger charge is 2.14. The molecule has 0 bridgehead atoms. The van der Waals surface area contributed by atoms with E-state index < -0.39 is 12.0 Å². The van der Waals surface area contributed by atoms with E-state index >= 15 is 0 Å². The van der Waals surface area contributed by atoms with Crippen LogP contribution in [-0.4, -0.2) is 47.0 Å². The Bertz CT molecular complexity index is 283. The monoisotopic (exact) mass is 262 g/mol. The van der Waals surface area contributed by atoms with Gasteiger partial charge in [-0.15, -0.1) is 11.8 Å². The molecule has 98 valence electrons. The van der Waals surface area contributed by atoms with E-state index in [9.17, 15) is 14.4 Å². The van der Waals surface area contributed by atoms with Crippen molar-refractivity contribution in [3.05, 3.63) is 0 Å². The standard InChI is InChI=1S/C10H18N2O4S/c1-3-4-11-10(16)7(2)12-8(13)5-17-6-9(14)15/h7H,3-6H2,1-2H3,(H,11,16)(H,12,13)(H,14,15). The maximum Gasteiger partial charge on any atom is 0.313 e. The van der Waals surface area contributed by atoms with Crippen molar-refractivity contribution >= 4 is 29.5 Å². The van der Waals surface area contributed by atoms with E-state index in [-0.39, 0.29) is 23.3 Å². The maximum atomic E-state index is 11.4. The lowest BCUT2D eigenvalue weighted by Crippen LogP contribution is -2.45. The molecular weight excluding hydrogens is 244 g/mol. The van der Waals surface area contributed by atoms with Crippen LogP contribution < -0.4 is 10.6 Å². The second kappa shape index (κ2) is 8.86. The molecule has 0 rings (SSSR count). The van der Waals surface area contributed by atoms with Crippen LogP contribution in [0.15, 0.2) is 0 Å². The molecule has 17 heavy (non-hydrogen) atoms. The van der Waals surface area contributed by atoms with Gasteiger partial charge in [0, 0.05) is 6.54 Å². The molecule has 0 aliphatic rings. The smallest absolute Gasteiger partial charge is 0.313 e. The average Bonchev–Trinajstić information content (AvgIpc) is 2.25. The molecule has 0 aromatic rings. The fourth-order valence-corrected chi connectivity index (χ4v) is 1.53. The minimum Gasteiger partial charge on any atom is -0.481 e. The number of carboxylic acids is 1. The van der Waals surface area contributed by atoms with Gasteiger partial charge in [0.2, 0.25) is 11.8 Å². The zero-order valence-electron chi connectivity index (χ0n) is 9.99. The SMILES string of the molecule is CCCNC(=O)C(C)NC(=O)CSCC(=O)O. The summed E-state index contributed by atoms with van der Waals surface area (Å²) in [5.74, 6) is -1.61. The van der Waals surface area contributed by atoms with Crippen LogP contribution >= 0.6 is 11.8 Å². The van der Waals surface area contributed by atoms with Crippen LogP contribution in [0.4, 0.5) is 0 Å². The predicted octanol–water partition coefficient (Wildman–Crippen LogP) is -0.165. The molecule has 0 spiro atoms. The minimum absolute atomic E-state index is 0.0394. The van der Waals surface area contributed by atoms with Crippen molar-refractivity contribution in [3.8, 4) is 0 Å². The first kappa shape index (κ1) is 15.8. The van der Waals surface area contributed by atoms with Crippen molar-refractivity contribution < 1.29 is 19.5 Å². The Kier molecular flexibility index (Phi) is 8.21. The topological polar surface area (TPSA) is 95.5 Å². The molecule has 0 saturated carbocycles. The molecule has 2 amide bonds. The van der Waals surface area contributed by atoms with Gasteiger partial charge in [0.25, 0.3) is 0 Å². The highest BCUT2D eigenvalue weighted by Crippen LogP contribution is 1.98. The number of thioether (sulfide) groups is 1. The van der Waals surface area contributed by atoms with Gasteiger partial charge in [0.1, 0.15) is 6.04 Å². The molecular formula is C10H18N2O4S. The van der Waals surface area contributed by atoms with Crippen molar-refractivity contribution in [3.63, 3.8) is 0 Å². The van der Waals surface area contributed by atoms with E-state index in [1.165, 1.54) is 0 Å². The summed E-state index contributed by atoms with van der Waals surface area (Å²) in [5.41, 5.74) is 0. The van der Waals surface area contributed by atoms with Gasteiger partial charge in [-0.2, -0.15) is 0 Å². The fraction of sp³-hybridized carbons (Fsp3) is 0.700. The van der Waals surface area contributed by atoms with Gasteiger partial charge in [-0.25, -0.2) is 0 Å². The summed E-state index contributed by atoms with van der Waals surface area (Å²) >= 11 is 0.998. The summed E-state index contributed by atoms with van der Waals surface area (Å²) in [6.45, 7) is 4.10. The molecule has 1 unspecified atom stereocenters. The quantitative estimate of drug-likeness (QED) is 0.564. The Morgan fingerprint density at radius 1 is 1.29 bits per heavy atom. The number of carboxylic acid groups (broad SMARTS) is 1. The van der Waals surface area contributed by atoms with Crippen LogP contribution in [0.1, 0.15) is 20.3 Å². The Hall–Kier alpha value is -1.24. The number of carbonyl (C=O) groups is 3. The molecule has 6 nitrogen and oxygen atoms in total. The van der Waals surface area contributed by atoms with E-state index in [4.69, 9.17) is 5.11 Å². The Labute approximate surface area is 105 Å². The number of rotatable bonds is 8. The van der Waals surface area contributed by atoms with Gasteiger partial charge in [0.05, 0.1) is 11.5 Å². The largest absolute Gasteiger partial charge is 0.481 e. The maximum absolute atomic E-state index is 11.4. The van der Waals surface area contributed by atoms with Gasteiger partial charge in [-0.1, -0.05) is 6.92 Å². The number of hydrogen-bond acceptors (Lipinski definition) is 4. The van der Waals surface area contributed by atoms with Crippen LogP contribution in [-0.2, 0) is 14.4 Å². The molecule has 0 radical (unpaired) electrons. The molecule has 0 aliphatic carbocycles. The van der Waals surface area contributed by atoms with Crippen LogP contribution in [0.2, 0.25) is 0 Å². The second-order valence-corrected chi connectivity index (χ2v) is 4.45. The lowest BCUT2D eigenvalue weighted by atomic mass is 10.3. The fourth-order valence-electron chi connectivity index (χ4n) is 0.981. The zero-order valence-corrected chi connectivity index (χ0v) is 10.8. The summed E-state index contributed by atoms with van der Waals surface area (Å²) in [4.78, 5) is 32.9. The summed E-state index contributed by atoms with van der Waals surface area (Å²) in [6.07, 6.45) is 0.834. The highest BCUT2D eigenvalue weighted by atomic mass is 32.2. The van der Waals surface area contributed by atoms with Crippen LogP contribution in [0, 0.1) is 0 Å². The first-order valence-corrected chi connectivity index (χ1v) is 6.49. The molecule has 3 N–H and O–H groups in total. The number of hydrogen-bond donors (Lipinski definition) is 3. The molecule has 0 aliphatic heterocycles. The van der Waals surface area contributed by atoms with Gasteiger partial charge < -0.3 is 15.7 Å². The normalized spacial score (nSPS) is 11.6. The van der Waals surface area contributed by atoms with Crippen molar-refractivity contribution in [2.75, 3.05) is 18.1 Å². The summed E-state index contributed by atoms with van der Waals surface area (Å²) in [5, 5.41) is 13.5. The predicted molar refractivity (Wildman–Crippen MR) is 65.9 cm³/mol. The lowest BCUT2D eigenvalue weighted by Gasteiger charge is -2.13. The van der Waals surface area contributed by atoms with E-state index in [0.717, 1.165) is 18.2 Å². The molecule has 7 heteroatoms. The second-order valence-electron chi connectivity index (χ2n) is 3.47. The van der Waals surface area contributed by atoms with Crippen molar-refractivity contribution in [1.82, 2.24) is 10.6 Å². The lowest BCUT2D eigenvalue weighted by molar-refractivity contribution is -0.134. The Morgan fingerprint density at radius 2 is 1.94 bits per heavy atom. The molecule has 0 aromatic heterocycles. The van der Waals surface area contributed by atoms with Gasteiger partial charge in [-0.05, 0) is 13.3 Å². The third kappa shape index (κ3) is 8.56. The molecule has 0 fully saturated rings. The van der Waals surface area contributed by atoms with Gasteiger partial charge >= 0.3 is 5.97 Å². The minimum atomic E-state index is -0.962. The average molecular weight is 262 g/mol. The highest BCUT2D eigenvalue weighted by molar-refractivity contribution is 8.00. The number of nitrogens with one attached hydrogen (secondary N) is 2. The van der Waals surface area contributed by atoms with Gasteiger partial charge in [0.15, 0.2) is 0 Å². The summed E-state index contributed by atoms with van der Waals surface area (Å²) in [6, 6.07) is -0.598. The Balaban J connectivity index is 3.78. The van der Waals surface area contributed by atoms with E-state index in [2.05, 4.69) is 10.6 Å². The number of aliphatic carboxylic acids is 1. The van der Waals surface area contributed by atoms with E-state index in [1.807, 2.05) is 6.92 Å². The molecule has 0 heterocycles. The number of carbonyl (C=O) groups excluding carboxylic acids is 2. The van der Waals surface area contributed by atoms with Crippen molar-refractivity contribution in [2.45, 2.75) is 26.3 Å². The molecule has 1 atom stereocenters. The van der Waals surface area contributed by atoms with E-state index in [0.29, 0.717) is 6.54 Å².